The van der Waals surface area contributed by atoms with Crippen molar-refractivity contribution in [3.8, 4) is 0 Å². The first-order valence-electron chi connectivity index (χ1n) is 5.48. The van der Waals surface area contributed by atoms with Crippen LogP contribution in [-0.2, 0) is 0 Å². The summed E-state index contributed by atoms with van der Waals surface area (Å²) in [7, 11) is 0. The largest absolute Gasteiger partial charge is 0.324 e. The SMILES string of the molecule is CCCCC(N)c1ccc(C)c(C)c1. The Kier molecular flexibility index (Phi) is 4.15. The van der Waals surface area contributed by atoms with E-state index >= 15 is 0 Å². The summed E-state index contributed by atoms with van der Waals surface area (Å²) in [6.45, 7) is 6.48. The molecule has 2 N–H and O–H groups in total. The molecule has 0 aliphatic rings. The number of rotatable bonds is 4. The second-order valence-corrected chi connectivity index (χ2v) is 4.09. The molecule has 14 heavy (non-hydrogen) atoms. The summed E-state index contributed by atoms with van der Waals surface area (Å²) in [5.41, 5.74) is 10.1. The van der Waals surface area contributed by atoms with Crippen LogP contribution < -0.4 is 5.73 Å². The molecule has 0 saturated heterocycles. The minimum Gasteiger partial charge on any atom is -0.324 e. The van der Waals surface area contributed by atoms with Crippen LogP contribution in [0.5, 0.6) is 0 Å². The standard InChI is InChI=1S/C13H21N/c1-4-5-6-13(14)12-8-7-10(2)11(3)9-12/h7-9,13H,4-6,14H2,1-3H3. The van der Waals surface area contributed by atoms with Gasteiger partial charge >= 0.3 is 0 Å². The fourth-order valence-electron chi connectivity index (χ4n) is 1.59. The lowest BCUT2D eigenvalue weighted by Crippen LogP contribution is -2.10. The van der Waals surface area contributed by atoms with Crippen molar-refractivity contribution < 1.29 is 0 Å². The zero-order valence-corrected chi connectivity index (χ0v) is 9.51. The highest BCUT2D eigenvalue weighted by molar-refractivity contribution is 5.31. The van der Waals surface area contributed by atoms with E-state index in [2.05, 4.69) is 39.0 Å². The normalized spacial score (nSPS) is 12.9. The maximum atomic E-state index is 6.10. The molecule has 1 nitrogen and oxygen atoms in total. The van der Waals surface area contributed by atoms with Crippen molar-refractivity contribution in [3.05, 3.63) is 34.9 Å². The van der Waals surface area contributed by atoms with E-state index in [9.17, 15) is 0 Å². The third-order valence-electron chi connectivity index (χ3n) is 2.83. The first kappa shape index (κ1) is 11.3. The van der Waals surface area contributed by atoms with Crippen molar-refractivity contribution in [1.29, 1.82) is 0 Å². The van der Waals surface area contributed by atoms with E-state index in [-0.39, 0.29) is 6.04 Å². The van der Waals surface area contributed by atoms with Crippen LogP contribution in [0.25, 0.3) is 0 Å². The van der Waals surface area contributed by atoms with E-state index in [1.165, 1.54) is 29.5 Å². The van der Waals surface area contributed by atoms with Crippen molar-refractivity contribution in [1.82, 2.24) is 0 Å². The van der Waals surface area contributed by atoms with Gasteiger partial charge in [-0.15, -0.1) is 0 Å². The van der Waals surface area contributed by atoms with Gasteiger partial charge in [-0.05, 0) is 37.0 Å². The van der Waals surface area contributed by atoms with Crippen LogP contribution in [-0.4, -0.2) is 0 Å². The van der Waals surface area contributed by atoms with Crippen molar-refractivity contribution >= 4 is 0 Å². The molecule has 0 aliphatic heterocycles. The molecular formula is C13H21N. The third kappa shape index (κ3) is 2.85. The zero-order chi connectivity index (χ0) is 10.6. The molecule has 1 atom stereocenters. The average molecular weight is 191 g/mol. The first-order valence-corrected chi connectivity index (χ1v) is 5.48. The Hall–Kier alpha value is -0.820. The summed E-state index contributed by atoms with van der Waals surface area (Å²) >= 11 is 0. The highest BCUT2D eigenvalue weighted by atomic mass is 14.6. The van der Waals surface area contributed by atoms with Gasteiger partial charge in [0, 0.05) is 6.04 Å². The Bertz CT molecular complexity index is 291. The van der Waals surface area contributed by atoms with E-state index in [0.717, 1.165) is 6.42 Å². The predicted molar refractivity (Wildman–Crippen MR) is 62.4 cm³/mol. The molecule has 0 bridgehead atoms. The van der Waals surface area contributed by atoms with Gasteiger partial charge in [0.05, 0.1) is 0 Å². The van der Waals surface area contributed by atoms with Gasteiger partial charge in [0.15, 0.2) is 0 Å². The van der Waals surface area contributed by atoms with E-state index in [1.807, 2.05) is 0 Å². The van der Waals surface area contributed by atoms with Gasteiger partial charge in [-0.25, -0.2) is 0 Å². The fraction of sp³-hybridized carbons (Fsp3) is 0.538. The zero-order valence-electron chi connectivity index (χ0n) is 9.51. The minimum absolute atomic E-state index is 0.217. The Morgan fingerprint density at radius 2 is 1.93 bits per heavy atom. The van der Waals surface area contributed by atoms with Gasteiger partial charge in [-0.3, -0.25) is 0 Å². The van der Waals surface area contributed by atoms with Crippen molar-refractivity contribution in [3.63, 3.8) is 0 Å². The number of unbranched alkanes of at least 4 members (excludes halogenated alkanes) is 1. The summed E-state index contributed by atoms with van der Waals surface area (Å²) in [6, 6.07) is 6.75. The van der Waals surface area contributed by atoms with Gasteiger partial charge in [0.25, 0.3) is 0 Å². The molecule has 1 aromatic rings. The molecule has 1 unspecified atom stereocenters. The summed E-state index contributed by atoms with van der Waals surface area (Å²) in [6.07, 6.45) is 3.53. The molecular weight excluding hydrogens is 170 g/mol. The minimum atomic E-state index is 0.217. The van der Waals surface area contributed by atoms with Crippen LogP contribution >= 0.6 is 0 Å². The summed E-state index contributed by atoms with van der Waals surface area (Å²) < 4.78 is 0. The molecule has 0 amide bonds. The number of aryl methyl sites for hydroxylation is 2. The lowest BCUT2D eigenvalue weighted by molar-refractivity contribution is 0.603. The van der Waals surface area contributed by atoms with Crippen molar-refractivity contribution in [2.24, 2.45) is 5.73 Å². The molecule has 0 heterocycles. The molecule has 1 heteroatoms. The number of benzene rings is 1. The smallest absolute Gasteiger partial charge is 0.0294 e. The van der Waals surface area contributed by atoms with Gasteiger partial charge in [-0.2, -0.15) is 0 Å². The van der Waals surface area contributed by atoms with Gasteiger partial charge < -0.3 is 5.73 Å². The molecule has 0 saturated carbocycles. The quantitative estimate of drug-likeness (QED) is 0.774. The molecule has 0 aromatic heterocycles. The molecule has 0 aliphatic carbocycles. The summed E-state index contributed by atoms with van der Waals surface area (Å²) in [5.74, 6) is 0. The highest BCUT2D eigenvalue weighted by Gasteiger charge is 2.05. The topological polar surface area (TPSA) is 26.0 Å². The first-order chi connectivity index (χ1) is 6.65. The fourth-order valence-corrected chi connectivity index (χ4v) is 1.59. The maximum Gasteiger partial charge on any atom is 0.0294 e. The highest BCUT2D eigenvalue weighted by Crippen LogP contribution is 2.19. The molecule has 0 radical (unpaired) electrons. The monoisotopic (exact) mass is 191 g/mol. The summed E-state index contributed by atoms with van der Waals surface area (Å²) in [4.78, 5) is 0. The van der Waals surface area contributed by atoms with E-state index < -0.39 is 0 Å². The van der Waals surface area contributed by atoms with Gasteiger partial charge in [0.1, 0.15) is 0 Å². The second-order valence-electron chi connectivity index (χ2n) is 4.09. The number of hydrogen-bond acceptors (Lipinski definition) is 1. The Morgan fingerprint density at radius 3 is 2.50 bits per heavy atom. The van der Waals surface area contributed by atoms with E-state index in [1.54, 1.807) is 0 Å². The average Bonchev–Trinajstić information content (AvgIpc) is 2.18. The Morgan fingerprint density at radius 1 is 1.21 bits per heavy atom. The van der Waals surface area contributed by atoms with E-state index in [4.69, 9.17) is 5.73 Å². The second kappa shape index (κ2) is 5.16. The number of hydrogen-bond donors (Lipinski definition) is 1. The Balaban J connectivity index is 2.70. The predicted octanol–water partition coefficient (Wildman–Crippen LogP) is 3.49. The summed E-state index contributed by atoms with van der Waals surface area (Å²) in [5, 5.41) is 0. The molecule has 1 aromatic carbocycles. The van der Waals surface area contributed by atoms with Crippen LogP contribution in [0.1, 0.15) is 48.9 Å². The molecule has 0 fully saturated rings. The molecule has 0 spiro atoms. The van der Waals surface area contributed by atoms with Crippen LogP contribution in [0.15, 0.2) is 18.2 Å². The lowest BCUT2D eigenvalue weighted by atomic mass is 9.98. The van der Waals surface area contributed by atoms with Crippen LogP contribution in [0, 0.1) is 13.8 Å². The van der Waals surface area contributed by atoms with Crippen LogP contribution in [0.2, 0.25) is 0 Å². The lowest BCUT2D eigenvalue weighted by Gasteiger charge is -2.13. The van der Waals surface area contributed by atoms with Crippen LogP contribution in [0.3, 0.4) is 0 Å². The van der Waals surface area contributed by atoms with Crippen LogP contribution in [0.4, 0.5) is 0 Å². The molecule has 1 rings (SSSR count). The Labute approximate surface area is 87.3 Å². The van der Waals surface area contributed by atoms with Crippen molar-refractivity contribution in [2.75, 3.05) is 0 Å². The maximum absolute atomic E-state index is 6.10. The number of nitrogens with two attached hydrogens (primary N) is 1. The molecule has 78 valence electrons. The van der Waals surface area contributed by atoms with E-state index in [0.29, 0.717) is 0 Å². The van der Waals surface area contributed by atoms with Crippen molar-refractivity contribution in [2.45, 2.75) is 46.1 Å². The third-order valence-corrected chi connectivity index (χ3v) is 2.83. The van der Waals surface area contributed by atoms with Gasteiger partial charge in [0.2, 0.25) is 0 Å². The van der Waals surface area contributed by atoms with Gasteiger partial charge in [-0.1, -0.05) is 38.0 Å².